The zero-order valence-corrected chi connectivity index (χ0v) is 12.8. The molecule has 0 unspecified atom stereocenters. The van der Waals surface area contributed by atoms with Crippen LogP contribution in [0.1, 0.15) is 20.8 Å². The summed E-state index contributed by atoms with van der Waals surface area (Å²) in [6.07, 6.45) is 3.43. The predicted molar refractivity (Wildman–Crippen MR) is 84.4 cm³/mol. The minimum absolute atomic E-state index is 0.265. The number of H-pyrrole nitrogens is 1. The van der Waals surface area contributed by atoms with Crippen LogP contribution in [0, 0.1) is 5.41 Å². The molecular formula is C17H17N3O2. The van der Waals surface area contributed by atoms with E-state index in [4.69, 9.17) is 4.74 Å². The highest BCUT2D eigenvalue weighted by atomic mass is 16.5. The van der Waals surface area contributed by atoms with Crippen LogP contribution in [0.2, 0.25) is 0 Å². The second-order valence-corrected chi connectivity index (χ2v) is 6.15. The van der Waals surface area contributed by atoms with Gasteiger partial charge in [-0.1, -0.05) is 12.1 Å². The van der Waals surface area contributed by atoms with Crippen LogP contribution in [-0.2, 0) is 4.79 Å². The van der Waals surface area contributed by atoms with Gasteiger partial charge in [0.05, 0.1) is 22.6 Å². The molecule has 2 heterocycles. The number of hydrogen-bond donors (Lipinski definition) is 1. The topological polar surface area (TPSA) is 67.9 Å². The van der Waals surface area contributed by atoms with Crippen molar-refractivity contribution in [2.45, 2.75) is 20.8 Å². The highest BCUT2D eigenvalue weighted by Crippen LogP contribution is 2.25. The van der Waals surface area contributed by atoms with Gasteiger partial charge in [0, 0.05) is 11.8 Å². The molecule has 0 aliphatic heterocycles. The van der Waals surface area contributed by atoms with Gasteiger partial charge >= 0.3 is 5.97 Å². The highest BCUT2D eigenvalue weighted by molar-refractivity contribution is 5.80. The Balaban J connectivity index is 1.92. The lowest BCUT2D eigenvalue weighted by Crippen LogP contribution is -2.25. The molecule has 0 aliphatic carbocycles. The number of pyridine rings is 1. The Labute approximate surface area is 128 Å². The maximum Gasteiger partial charge on any atom is 0.316 e. The predicted octanol–water partition coefficient (Wildman–Crippen LogP) is 3.58. The average molecular weight is 295 g/mol. The lowest BCUT2D eigenvalue weighted by Gasteiger charge is -2.16. The molecule has 0 fully saturated rings. The Bertz CT molecular complexity index is 798. The number of imidazole rings is 1. The van der Waals surface area contributed by atoms with Crippen molar-refractivity contribution >= 4 is 17.0 Å². The summed E-state index contributed by atoms with van der Waals surface area (Å²) in [6.45, 7) is 5.47. The second kappa shape index (κ2) is 5.26. The summed E-state index contributed by atoms with van der Waals surface area (Å²) < 4.78 is 5.42. The Kier molecular flexibility index (Phi) is 3.41. The molecule has 112 valence electrons. The van der Waals surface area contributed by atoms with Gasteiger partial charge in [0.25, 0.3) is 0 Å². The number of esters is 1. The number of fused-ring (bicyclic) bond motifs is 1. The molecule has 0 aliphatic rings. The number of carbonyl (C=O) groups is 1. The fourth-order valence-electron chi connectivity index (χ4n) is 1.96. The van der Waals surface area contributed by atoms with Crippen molar-refractivity contribution in [2.75, 3.05) is 0 Å². The number of aromatic nitrogens is 3. The molecule has 0 bridgehead atoms. The molecule has 0 atom stereocenters. The van der Waals surface area contributed by atoms with Gasteiger partial charge in [-0.05, 0) is 39.0 Å². The maximum atomic E-state index is 12.0. The van der Waals surface area contributed by atoms with E-state index in [2.05, 4.69) is 15.0 Å². The number of nitrogens with zero attached hydrogens (tertiary/aromatic N) is 2. The molecular weight excluding hydrogens is 278 g/mol. The van der Waals surface area contributed by atoms with Gasteiger partial charge in [0.15, 0.2) is 0 Å². The molecule has 0 radical (unpaired) electrons. The third-order valence-corrected chi connectivity index (χ3v) is 3.21. The van der Waals surface area contributed by atoms with E-state index in [1.807, 2.05) is 39.0 Å². The number of carbonyl (C=O) groups excluding carboxylic acids is 1. The largest absolute Gasteiger partial charge is 0.426 e. The van der Waals surface area contributed by atoms with E-state index in [1.54, 1.807) is 24.5 Å². The molecule has 2 aromatic heterocycles. The minimum atomic E-state index is -0.541. The van der Waals surface area contributed by atoms with Crippen molar-refractivity contribution in [1.29, 1.82) is 0 Å². The minimum Gasteiger partial charge on any atom is -0.426 e. The number of hydrogen-bond acceptors (Lipinski definition) is 4. The zero-order valence-electron chi connectivity index (χ0n) is 12.8. The third kappa shape index (κ3) is 2.83. The van der Waals surface area contributed by atoms with Crippen LogP contribution in [0.5, 0.6) is 5.75 Å². The normalized spacial score (nSPS) is 11.6. The van der Waals surface area contributed by atoms with Crippen LogP contribution in [-0.4, -0.2) is 20.9 Å². The summed E-state index contributed by atoms with van der Waals surface area (Å²) >= 11 is 0. The Morgan fingerprint density at radius 1 is 1.23 bits per heavy atom. The van der Waals surface area contributed by atoms with E-state index in [9.17, 15) is 4.79 Å². The van der Waals surface area contributed by atoms with E-state index in [-0.39, 0.29) is 5.97 Å². The van der Waals surface area contributed by atoms with Gasteiger partial charge in [-0.2, -0.15) is 0 Å². The summed E-state index contributed by atoms with van der Waals surface area (Å²) in [7, 11) is 0. The van der Waals surface area contributed by atoms with Crippen molar-refractivity contribution < 1.29 is 9.53 Å². The van der Waals surface area contributed by atoms with Gasteiger partial charge in [-0.15, -0.1) is 0 Å². The lowest BCUT2D eigenvalue weighted by atomic mass is 9.97. The van der Waals surface area contributed by atoms with Crippen LogP contribution in [0.15, 0.2) is 42.7 Å². The molecule has 0 saturated carbocycles. The number of rotatable bonds is 2. The first-order valence-corrected chi connectivity index (χ1v) is 7.06. The van der Waals surface area contributed by atoms with Crippen molar-refractivity contribution in [1.82, 2.24) is 15.0 Å². The highest BCUT2D eigenvalue weighted by Gasteiger charge is 2.23. The summed E-state index contributed by atoms with van der Waals surface area (Å²) in [6, 6.07) is 9.16. The summed E-state index contributed by atoms with van der Waals surface area (Å²) in [5, 5.41) is 0. The van der Waals surface area contributed by atoms with Gasteiger partial charge in [-0.25, -0.2) is 4.98 Å². The SMILES string of the molecule is CC(C)(C)C(=O)Oc1cccc(-c2nc3ccncc3[nH]2)c1. The third-order valence-electron chi connectivity index (χ3n) is 3.21. The molecule has 0 amide bonds. The Morgan fingerprint density at radius 3 is 2.77 bits per heavy atom. The van der Waals surface area contributed by atoms with E-state index in [0.717, 1.165) is 22.4 Å². The van der Waals surface area contributed by atoms with E-state index < -0.39 is 5.41 Å². The Morgan fingerprint density at radius 2 is 2.05 bits per heavy atom. The van der Waals surface area contributed by atoms with Crippen LogP contribution < -0.4 is 4.74 Å². The van der Waals surface area contributed by atoms with E-state index in [1.165, 1.54) is 0 Å². The molecule has 1 N–H and O–H groups in total. The summed E-state index contributed by atoms with van der Waals surface area (Å²) in [5.74, 6) is 0.964. The first-order chi connectivity index (χ1) is 10.4. The molecule has 5 nitrogen and oxygen atoms in total. The van der Waals surface area contributed by atoms with Crippen LogP contribution >= 0.6 is 0 Å². The number of nitrogens with one attached hydrogen (secondary N) is 1. The van der Waals surface area contributed by atoms with Gasteiger partial charge in [-0.3, -0.25) is 9.78 Å². The average Bonchev–Trinajstić information content (AvgIpc) is 2.90. The van der Waals surface area contributed by atoms with Crippen LogP contribution in [0.3, 0.4) is 0 Å². The number of aromatic amines is 1. The van der Waals surface area contributed by atoms with Gasteiger partial charge < -0.3 is 9.72 Å². The molecule has 0 spiro atoms. The van der Waals surface area contributed by atoms with E-state index in [0.29, 0.717) is 5.75 Å². The molecule has 5 heteroatoms. The van der Waals surface area contributed by atoms with Crippen molar-refractivity contribution in [3.8, 4) is 17.1 Å². The first-order valence-electron chi connectivity index (χ1n) is 7.06. The molecule has 3 rings (SSSR count). The van der Waals surface area contributed by atoms with Crippen molar-refractivity contribution in [3.05, 3.63) is 42.7 Å². The quantitative estimate of drug-likeness (QED) is 0.579. The second-order valence-electron chi connectivity index (χ2n) is 6.15. The molecule has 22 heavy (non-hydrogen) atoms. The monoisotopic (exact) mass is 295 g/mol. The number of benzene rings is 1. The fraction of sp³-hybridized carbons (Fsp3) is 0.235. The maximum absolute atomic E-state index is 12.0. The van der Waals surface area contributed by atoms with Gasteiger partial charge in [0.1, 0.15) is 11.6 Å². The summed E-state index contributed by atoms with van der Waals surface area (Å²) in [4.78, 5) is 23.8. The Hall–Kier alpha value is -2.69. The molecule has 1 aromatic carbocycles. The first kappa shape index (κ1) is 14.3. The molecule has 3 aromatic rings. The standard InChI is InChI=1S/C17H17N3O2/c1-17(2,3)16(21)22-12-6-4-5-11(9-12)15-19-13-7-8-18-10-14(13)20-15/h4-10H,1-3H3,(H,19,20). The van der Waals surface area contributed by atoms with Crippen LogP contribution in [0.4, 0.5) is 0 Å². The lowest BCUT2D eigenvalue weighted by molar-refractivity contribution is -0.142. The zero-order chi connectivity index (χ0) is 15.7. The van der Waals surface area contributed by atoms with Crippen LogP contribution in [0.25, 0.3) is 22.4 Å². The van der Waals surface area contributed by atoms with Crippen molar-refractivity contribution in [3.63, 3.8) is 0 Å². The van der Waals surface area contributed by atoms with E-state index >= 15 is 0 Å². The fourth-order valence-corrected chi connectivity index (χ4v) is 1.96. The smallest absolute Gasteiger partial charge is 0.316 e. The summed E-state index contributed by atoms with van der Waals surface area (Å²) in [5.41, 5.74) is 2.04. The van der Waals surface area contributed by atoms with Crippen molar-refractivity contribution in [2.24, 2.45) is 5.41 Å². The van der Waals surface area contributed by atoms with Gasteiger partial charge in [0.2, 0.25) is 0 Å². The number of ether oxygens (including phenoxy) is 1. The molecule has 0 saturated heterocycles.